The number of carbonyl (C=O) groups is 1. The van der Waals surface area contributed by atoms with E-state index in [1.165, 1.54) is 4.90 Å². The normalized spacial score (nSPS) is 10.4. The fourth-order valence-corrected chi connectivity index (χ4v) is 2.25. The summed E-state index contributed by atoms with van der Waals surface area (Å²) in [5, 5.41) is 9.42. The molecule has 2 rings (SSSR count). The smallest absolute Gasteiger partial charge is 0.274 e. The lowest BCUT2D eigenvalue weighted by atomic mass is 10.2. The van der Waals surface area contributed by atoms with Crippen LogP contribution in [0.3, 0.4) is 0 Å². The average Bonchev–Trinajstić information content (AvgIpc) is 2.66. The third kappa shape index (κ3) is 2.41. The first-order valence-electron chi connectivity index (χ1n) is 5.38. The molecule has 0 aliphatic rings. The highest BCUT2D eigenvalue weighted by Crippen LogP contribution is 2.22. The molecule has 0 aliphatic carbocycles. The van der Waals surface area contributed by atoms with Crippen LogP contribution in [0.1, 0.15) is 10.5 Å². The van der Waals surface area contributed by atoms with Crippen molar-refractivity contribution in [3.63, 3.8) is 0 Å². The summed E-state index contributed by atoms with van der Waals surface area (Å²) in [4.78, 5) is 13.8. The van der Waals surface area contributed by atoms with Gasteiger partial charge in [0.15, 0.2) is 0 Å². The third-order valence-corrected chi connectivity index (χ3v) is 3.15. The number of hydrogen-bond donors (Lipinski definition) is 1. The molecule has 0 radical (unpaired) electrons. The van der Waals surface area contributed by atoms with E-state index < -0.39 is 0 Å². The number of aryl methyl sites for hydroxylation is 1. The number of aromatic hydroxyl groups is 1. The van der Waals surface area contributed by atoms with E-state index in [-0.39, 0.29) is 11.7 Å². The Bertz CT molecular complexity index is 592. The van der Waals surface area contributed by atoms with Crippen molar-refractivity contribution in [3.05, 3.63) is 46.7 Å². The number of phenolic OH excluding ortho intramolecular Hbond substituents is 1. The Balaban J connectivity index is 2.32. The molecule has 0 spiro atoms. The summed E-state index contributed by atoms with van der Waals surface area (Å²) < 4.78 is 2.61. The van der Waals surface area contributed by atoms with Gasteiger partial charge in [0.25, 0.3) is 5.91 Å². The molecule has 1 amide bonds. The molecular weight excluding hydrogens is 296 g/mol. The second-order valence-electron chi connectivity index (χ2n) is 4.04. The van der Waals surface area contributed by atoms with E-state index in [4.69, 9.17) is 0 Å². The van der Waals surface area contributed by atoms with E-state index in [1.54, 1.807) is 41.9 Å². The lowest BCUT2D eigenvalue weighted by molar-refractivity contribution is 0.0985. The zero-order valence-electron chi connectivity index (χ0n) is 10.1. The molecule has 4 nitrogen and oxygen atoms in total. The van der Waals surface area contributed by atoms with Crippen molar-refractivity contribution in [1.29, 1.82) is 0 Å². The van der Waals surface area contributed by atoms with Crippen molar-refractivity contribution in [3.8, 4) is 5.75 Å². The second kappa shape index (κ2) is 4.86. The molecule has 2 aromatic rings. The molecule has 0 fully saturated rings. The molecule has 0 atom stereocenters. The molecule has 18 heavy (non-hydrogen) atoms. The number of phenols is 1. The van der Waals surface area contributed by atoms with Gasteiger partial charge in [-0.05, 0) is 34.1 Å². The number of aromatic nitrogens is 1. The van der Waals surface area contributed by atoms with E-state index in [0.717, 1.165) is 4.47 Å². The van der Waals surface area contributed by atoms with Crippen LogP contribution in [0.4, 0.5) is 5.69 Å². The van der Waals surface area contributed by atoms with E-state index in [9.17, 15) is 9.90 Å². The number of hydrogen-bond acceptors (Lipinski definition) is 2. The first-order chi connectivity index (χ1) is 8.49. The summed E-state index contributed by atoms with van der Waals surface area (Å²) in [6, 6.07) is 8.36. The van der Waals surface area contributed by atoms with Crippen LogP contribution in [0, 0.1) is 0 Å². The fraction of sp³-hybridized carbons (Fsp3) is 0.154. The molecule has 0 bridgehead atoms. The summed E-state index contributed by atoms with van der Waals surface area (Å²) in [5.41, 5.74) is 1.23. The number of carbonyl (C=O) groups excluding carboxylic acids is 1. The zero-order chi connectivity index (χ0) is 13.3. The van der Waals surface area contributed by atoms with Gasteiger partial charge in [0, 0.05) is 36.5 Å². The number of amides is 1. The van der Waals surface area contributed by atoms with E-state index in [1.807, 2.05) is 13.2 Å². The summed E-state index contributed by atoms with van der Waals surface area (Å²) >= 11 is 3.34. The maximum atomic E-state index is 12.3. The molecule has 0 saturated heterocycles. The molecule has 1 heterocycles. The minimum atomic E-state index is -0.131. The number of nitrogens with zero attached hydrogens (tertiary/aromatic N) is 2. The first kappa shape index (κ1) is 12.7. The summed E-state index contributed by atoms with van der Waals surface area (Å²) in [5.74, 6) is 0.00834. The number of anilines is 1. The molecular formula is C13H13BrN2O2. The Kier molecular flexibility index (Phi) is 3.43. The Labute approximate surface area is 114 Å². The number of rotatable bonds is 2. The largest absolute Gasteiger partial charge is 0.508 e. The first-order valence-corrected chi connectivity index (χ1v) is 6.17. The predicted molar refractivity (Wildman–Crippen MR) is 74.0 cm³/mol. The highest BCUT2D eigenvalue weighted by Gasteiger charge is 2.17. The van der Waals surface area contributed by atoms with Gasteiger partial charge in [0.1, 0.15) is 11.4 Å². The van der Waals surface area contributed by atoms with Gasteiger partial charge in [-0.2, -0.15) is 0 Å². The van der Waals surface area contributed by atoms with E-state index >= 15 is 0 Å². The van der Waals surface area contributed by atoms with Crippen LogP contribution in [0.2, 0.25) is 0 Å². The van der Waals surface area contributed by atoms with E-state index in [0.29, 0.717) is 11.4 Å². The Morgan fingerprint density at radius 2 is 2.11 bits per heavy atom. The summed E-state index contributed by atoms with van der Waals surface area (Å²) in [6.45, 7) is 0. The van der Waals surface area contributed by atoms with Crippen LogP contribution in [0.15, 0.2) is 41.0 Å². The lowest BCUT2D eigenvalue weighted by Crippen LogP contribution is -2.27. The molecule has 5 heteroatoms. The van der Waals surface area contributed by atoms with Gasteiger partial charge in [0.2, 0.25) is 0 Å². The van der Waals surface area contributed by atoms with Crippen molar-refractivity contribution in [2.24, 2.45) is 7.05 Å². The van der Waals surface area contributed by atoms with Gasteiger partial charge >= 0.3 is 0 Å². The molecule has 1 aromatic carbocycles. The van der Waals surface area contributed by atoms with Gasteiger partial charge in [-0.1, -0.05) is 6.07 Å². The number of halogens is 1. The molecule has 1 aromatic heterocycles. The monoisotopic (exact) mass is 308 g/mol. The minimum Gasteiger partial charge on any atom is -0.508 e. The fourth-order valence-electron chi connectivity index (χ4n) is 1.73. The van der Waals surface area contributed by atoms with Crippen molar-refractivity contribution in [1.82, 2.24) is 4.57 Å². The Hall–Kier alpha value is -1.75. The van der Waals surface area contributed by atoms with Crippen LogP contribution >= 0.6 is 15.9 Å². The number of benzene rings is 1. The van der Waals surface area contributed by atoms with Crippen LogP contribution in [0.25, 0.3) is 0 Å². The Morgan fingerprint density at radius 3 is 2.67 bits per heavy atom. The lowest BCUT2D eigenvalue weighted by Gasteiger charge is -2.17. The van der Waals surface area contributed by atoms with Crippen LogP contribution in [-0.2, 0) is 7.05 Å². The highest BCUT2D eigenvalue weighted by molar-refractivity contribution is 9.10. The van der Waals surface area contributed by atoms with Gasteiger partial charge in [-0.15, -0.1) is 0 Å². The Morgan fingerprint density at radius 1 is 1.39 bits per heavy atom. The topological polar surface area (TPSA) is 45.5 Å². The second-order valence-corrected chi connectivity index (χ2v) is 4.95. The predicted octanol–water partition coefficient (Wildman–Crippen LogP) is 2.77. The van der Waals surface area contributed by atoms with E-state index in [2.05, 4.69) is 15.9 Å². The van der Waals surface area contributed by atoms with Gasteiger partial charge < -0.3 is 14.6 Å². The summed E-state index contributed by atoms with van der Waals surface area (Å²) in [6.07, 6.45) is 1.82. The average molecular weight is 309 g/mol. The minimum absolute atomic E-state index is 0.131. The standard InChI is InChI=1S/C13H13BrN2O2/c1-15-8-9(14)6-12(15)13(18)16(2)10-4-3-5-11(17)7-10/h3-8,17H,1-2H3. The van der Waals surface area contributed by atoms with Gasteiger partial charge in [0.05, 0.1) is 0 Å². The molecule has 0 aliphatic heterocycles. The van der Waals surface area contributed by atoms with Crippen molar-refractivity contribution in [2.75, 3.05) is 11.9 Å². The van der Waals surface area contributed by atoms with Gasteiger partial charge in [-0.25, -0.2) is 0 Å². The van der Waals surface area contributed by atoms with Crippen molar-refractivity contribution in [2.45, 2.75) is 0 Å². The van der Waals surface area contributed by atoms with Crippen LogP contribution < -0.4 is 4.90 Å². The highest BCUT2D eigenvalue weighted by atomic mass is 79.9. The molecule has 94 valence electrons. The van der Waals surface area contributed by atoms with Crippen LogP contribution in [0.5, 0.6) is 5.75 Å². The maximum absolute atomic E-state index is 12.3. The van der Waals surface area contributed by atoms with Gasteiger partial charge in [-0.3, -0.25) is 4.79 Å². The molecule has 1 N–H and O–H groups in total. The third-order valence-electron chi connectivity index (χ3n) is 2.71. The zero-order valence-corrected chi connectivity index (χ0v) is 11.7. The molecule has 0 saturated carbocycles. The van der Waals surface area contributed by atoms with Crippen molar-refractivity contribution >= 4 is 27.5 Å². The van der Waals surface area contributed by atoms with Crippen LogP contribution in [-0.4, -0.2) is 22.6 Å². The SMILES string of the molecule is CN(C(=O)c1cc(Br)cn1C)c1cccc(O)c1. The quantitative estimate of drug-likeness (QED) is 0.927. The summed E-state index contributed by atoms with van der Waals surface area (Å²) in [7, 11) is 3.49. The molecule has 0 unspecified atom stereocenters. The maximum Gasteiger partial charge on any atom is 0.274 e. The van der Waals surface area contributed by atoms with Crippen molar-refractivity contribution < 1.29 is 9.90 Å².